The number of carbonyl (C=O) groups is 2. The Morgan fingerprint density at radius 3 is 2.38 bits per heavy atom. The first-order chi connectivity index (χ1) is 12.6. The van der Waals surface area contributed by atoms with Crippen LogP contribution in [0.1, 0.15) is 19.4 Å². The number of amides is 2. The molecule has 3 rings (SSSR count). The maximum atomic E-state index is 12.6. The highest BCUT2D eigenvalue weighted by Crippen LogP contribution is 2.32. The van der Waals surface area contributed by atoms with Crippen LogP contribution in [0.15, 0.2) is 29.2 Å². The van der Waals surface area contributed by atoms with Crippen molar-refractivity contribution in [2.45, 2.75) is 13.8 Å². The molecule has 2 fully saturated rings. The Labute approximate surface area is 158 Å². The SMILES string of the molecule is CCN(CC)c1ccc(/C=C2/SC(=O)N(CN3CCOCC3)C2=O)cc1. The molecule has 1 aromatic carbocycles. The van der Waals surface area contributed by atoms with Gasteiger partial charge in [-0.1, -0.05) is 12.1 Å². The van der Waals surface area contributed by atoms with Crippen molar-refractivity contribution >= 4 is 34.7 Å². The highest BCUT2D eigenvalue weighted by atomic mass is 32.2. The van der Waals surface area contributed by atoms with Crippen LogP contribution in [0.4, 0.5) is 10.5 Å². The van der Waals surface area contributed by atoms with Crippen molar-refractivity contribution in [1.82, 2.24) is 9.80 Å². The Kier molecular flexibility index (Phi) is 6.34. The van der Waals surface area contributed by atoms with E-state index in [1.54, 1.807) is 6.08 Å². The molecular weight excluding hydrogens is 350 g/mol. The van der Waals surface area contributed by atoms with Crippen molar-refractivity contribution in [2.75, 3.05) is 51.0 Å². The van der Waals surface area contributed by atoms with Gasteiger partial charge in [-0.2, -0.15) is 0 Å². The topological polar surface area (TPSA) is 53.1 Å². The third-order valence-electron chi connectivity index (χ3n) is 4.64. The molecule has 0 radical (unpaired) electrons. The van der Waals surface area contributed by atoms with Crippen molar-refractivity contribution in [3.05, 3.63) is 34.7 Å². The summed E-state index contributed by atoms with van der Waals surface area (Å²) in [5.74, 6) is -0.209. The fourth-order valence-corrected chi connectivity index (χ4v) is 3.92. The normalized spacial score (nSPS) is 20.2. The number of thioether (sulfide) groups is 1. The minimum absolute atomic E-state index is 0.201. The Hall–Kier alpha value is -1.83. The molecule has 1 aromatic rings. The van der Waals surface area contributed by atoms with Gasteiger partial charge in [0.1, 0.15) is 0 Å². The van der Waals surface area contributed by atoms with Gasteiger partial charge in [-0.3, -0.25) is 19.4 Å². The van der Waals surface area contributed by atoms with E-state index in [0.717, 1.165) is 49.2 Å². The smallest absolute Gasteiger partial charge is 0.294 e. The first-order valence-electron chi connectivity index (χ1n) is 9.02. The fourth-order valence-electron chi connectivity index (χ4n) is 3.09. The van der Waals surface area contributed by atoms with Gasteiger partial charge in [0.25, 0.3) is 11.1 Å². The predicted octanol–water partition coefficient (Wildman–Crippen LogP) is 2.86. The van der Waals surface area contributed by atoms with E-state index >= 15 is 0 Å². The first kappa shape index (κ1) is 18.9. The van der Waals surface area contributed by atoms with Crippen molar-refractivity contribution in [3.8, 4) is 0 Å². The lowest BCUT2D eigenvalue weighted by Crippen LogP contribution is -2.45. The lowest BCUT2D eigenvalue weighted by molar-refractivity contribution is -0.125. The number of imide groups is 1. The van der Waals surface area contributed by atoms with Crippen molar-refractivity contribution in [3.63, 3.8) is 0 Å². The molecule has 0 aromatic heterocycles. The van der Waals surface area contributed by atoms with Crippen molar-refractivity contribution in [1.29, 1.82) is 0 Å². The molecule has 0 saturated carbocycles. The third kappa shape index (κ3) is 4.28. The molecule has 0 unspecified atom stereocenters. The largest absolute Gasteiger partial charge is 0.379 e. The van der Waals surface area contributed by atoms with Gasteiger partial charge in [0.15, 0.2) is 0 Å². The van der Waals surface area contributed by atoms with E-state index in [-0.39, 0.29) is 11.1 Å². The van der Waals surface area contributed by atoms with Crippen molar-refractivity contribution in [2.24, 2.45) is 0 Å². The quantitative estimate of drug-likeness (QED) is 0.713. The zero-order chi connectivity index (χ0) is 18.5. The van der Waals surface area contributed by atoms with E-state index in [4.69, 9.17) is 4.74 Å². The van der Waals surface area contributed by atoms with Crippen LogP contribution in [-0.2, 0) is 9.53 Å². The van der Waals surface area contributed by atoms with Crippen LogP contribution in [0.2, 0.25) is 0 Å². The number of benzene rings is 1. The van der Waals surface area contributed by atoms with Crippen LogP contribution in [-0.4, -0.2) is 67.0 Å². The molecule has 0 spiro atoms. The molecule has 2 aliphatic rings. The lowest BCUT2D eigenvalue weighted by Gasteiger charge is -2.29. The van der Waals surface area contributed by atoms with Gasteiger partial charge in [-0.05, 0) is 49.4 Å². The number of carbonyl (C=O) groups excluding carboxylic acids is 2. The molecule has 140 valence electrons. The molecule has 2 amide bonds. The van der Waals surface area contributed by atoms with Crippen LogP contribution in [0, 0.1) is 0 Å². The average Bonchev–Trinajstić information content (AvgIpc) is 2.92. The highest BCUT2D eigenvalue weighted by Gasteiger charge is 2.36. The standard InChI is InChI=1S/C19H25N3O3S/c1-3-21(4-2)16-7-5-15(6-8-16)13-17-18(23)22(19(24)26-17)14-20-9-11-25-12-10-20/h5-8,13H,3-4,9-12,14H2,1-2H3/b17-13+. The van der Waals surface area contributed by atoms with Gasteiger partial charge in [-0.15, -0.1) is 0 Å². The summed E-state index contributed by atoms with van der Waals surface area (Å²) in [6, 6.07) is 8.08. The number of hydrogen-bond donors (Lipinski definition) is 0. The molecule has 2 saturated heterocycles. The van der Waals surface area contributed by atoms with Gasteiger partial charge in [0, 0.05) is 31.9 Å². The molecule has 2 heterocycles. The van der Waals surface area contributed by atoms with Crippen LogP contribution in [0.25, 0.3) is 6.08 Å². The Morgan fingerprint density at radius 1 is 1.12 bits per heavy atom. The number of nitrogens with zero attached hydrogens (tertiary/aromatic N) is 3. The van der Waals surface area contributed by atoms with Gasteiger partial charge >= 0.3 is 0 Å². The second-order valence-corrected chi connectivity index (χ2v) is 7.24. The monoisotopic (exact) mass is 375 g/mol. The summed E-state index contributed by atoms with van der Waals surface area (Å²) in [4.78, 5) is 31.0. The minimum atomic E-state index is -0.209. The molecule has 26 heavy (non-hydrogen) atoms. The third-order valence-corrected chi connectivity index (χ3v) is 5.55. The number of anilines is 1. The lowest BCUT2D eigenvalue weighted by atomic mass is 10.1. The highest BCUT2D eigenvalue weighted by molar-refractivity contribution is 8.18. The van der Waals surface area contributed by atoms with Crippen LogP contribution in [0.5, 0.6) is 0 Å². The van der Waals surface area contributed by atoms with Gasteiger partial charge in [-0.25, -0.2) is 0 Å². The zero-order valence-corrected chi connectivity index (χ0v) is 16.1. The van der Waals surface area contributed by atoms with Gasteiger partial charge in [0.05, 0.1) is 24.8 Å². The number of ether oxygens (including phenoxy) is 1. The number of morpholine rings is 1. The Balaban J connectivity index is 1.69. The molecule has 0 atom stereocenters. The first-order valence-corrected chi connectivity index (χ1v) is 9.84. The molecule has 2 aliphatic heterocycles. The predicted molar refractivity (Wildman–Crippen MR) is 105 cm³/mol. The maximum absolute atomic E-state index is 12.6. The Morgan fingerprint density at radius 2 is 1.77 bits per heavy atom. The van der Waals surface area contributed by atoms with Crippen LogP contribution in [0.3, 0.4) is 0 Å². The summed E-state index contributed by atoms with van der Waals surface area (Å²) in [6.07, 6.45) is 1.80. The van der Waals surface area contributed by atoms with E-state index in [1.165, 1.54) is 4.90 Å². The summed E-state index contributed by atoms with van der Waals surface area (Å²) < 4.78 is 5.31. The maximum Gasteiger partial charge on any atom is 0.294 e. The molecule has 0 bridgehead atoms. The second-order valence-electron chi connectivity index (χ2n) is 6.25. The van der Waals surface area contributed by atoms with Crippen LogP contribution >= 0.6 is 11.8 Å². The molecular formula is C19H25N3O3S. The molecule has 6 nitrogen and oxygen atoms in total. The van der Waals surface area contributed by atoms with E-state index in [2.05, 4.69) is 35.8 Å². The molecule has 7 heteroatoms. The number of rotatable bonds is 6. The van der Waals surface area contributed by atoms with E-state index < -0.39 is 0 Å². The molecule has 0 aliphatic carbocycles. The average molecular weight is 375 g/mol. The minimum Gasteiger partial charge on any atom is -0.379 e. The number of hydrogen-bond acceptors (Lipinski definition) is 6. The fraction of sp³-hybridized carbons (Fsp3) is 0.474. The van der Waals surface area contributed by atoms with E-state index in [9.17, 15) is 9.59 Å². The Bertz CT molecular complexity index is 680. The summed E-state index contributed by atoms with van der Waals surface area (Å²) in [7, 11) is 0. The van der Waals surface area contributed by atoms with E-state index in [0.29, 0.717) is 24.8 Å². The molecule has 0 N–H and O–H groups in total. The van der Waals surface area contributed by atoms with Gasteiger partial charge < -0.3 is 9.64 Å². The van der Waals surface area contributed by atoms with Crippen LogP contribution < -0.4 is 4.90 Å². The van der Waals surface area contributed by atoms with Crippen molar-refractivity contribution < 1.29 is 14.3 Å². The second kappa shape index (κ2) is 8.70. The van der Waals surface area contributed by atoms with E-state index in [1.807, 2.05) is 12.1 Å². The summed E-state index contributed by atoms with van der Waals surface area (Å²) >= 11 is 1.01. The van der Waals surface area contributed by atoms with Gasteiger partial charge in [0.2, 0.25) is 0 Å². The summed E-state index contributed by atoms with van der Waals surface area (Å²) in [6.45, 7) is 9.28. The summed E-state index contributed by atoms with van der Waals surface area (Å²) in [5.41, 5.74) is 2.09. The zero-order valence-electron chi connectivity index (χ0n) is 15.3. The summed E-state index contributed by atoms with van der Waals surface area (Å²) in [5, 5.41) is -0.201.